The molecule has 9 heteroatoms. The quantitative estimate of drug-likeness (QED) is 0.863. The minimum Gasteiger partial charge on any atom is -0.337 e. The van der Waals surface area contributed by atoms with Crippen LogP contribution in [0.2, 0.25) is 0 Å². The SMILES string of the molecule is Cc1nc(S(=O)(=O)N2CCCN(C(=O)NC3CCCC3)CC2)cn1C. The van der Waals surface area contributed by atoms with Crippen molar-refractivity contribution in [3.05, 3.63) is 12.0 Å². The number of rotatable bonds is 3. The summed E-state index contributed by atoms with van der Waals surface area (Å²) in [7, 11) is -1.84. The largest absolute Gasteiger partial charge is 0.337 e. The van der Waals surface area contributed by atoms with Gasteiger partial charge in [-0.3, -0.25) is 0 Å². The Hall–Kier alpha value is -1.61. The molecule has 2 heterocycles. The summed E-state index contributed by atoms with van der Waals surface area (Å²) in [5.74, 6) is 0.658. The lowest BCUT2D eigenvalue weighted by molar-refractivity contribution is 0.196. The van der Waals surface area contributed by atoms with Crippen molar-refractivity contribution in [2.45, 2.75) is 50.1 Å². The molecule has 1 N–H and O–H groups in total. The summed E-state index contributed by atoms with van der Waals surface area (Å²) in [5, 5.41) is 3.16. The number of aromatic nitrogens is 2. The van der Waals surface area contributed by atoms with Crippen molar-refractivity contribution < 1.29 is 13.2 Å². The Morgan fingerprint density at radius 2 is 1.88 bits per heavy atom. The fourth-order valence-corrected chi connectivity index (χ4v) is 4.95. The van der Waals surface area contributed by atoms with Crippen LogP contribution in [0.4, 0.5) is 4.79 Å². The Balaban J connectivity index is 1.63. The van der Waals surface area contributed by atoms with Crippen LogP contribution < -0.4 is 5.32 Å². The van der Waals surface area contributed by atoms with Crippen LogP contribution in [0.5, 0.6) is 0 Å². The fraction of sp³-hybridized carbons (Fsp3) is 0.750. The van der Waals surface area contributed by atoms with Crippen LogP contribution in [0.15, 0.2) is 11.2 Å². The van der Waals surface area contributed by atoms with Gasteiger partial charge in [-0.2, -0.15) is 4.31 Å². The van der Waals surface area contributed by atoms with Gasteiger partial charge in [-0.15, -0.1) is 0 Å². The first-order valence-electron chi connectivity index (χ1n) is 8.93. The highest BCUT2D eigenvalue weighted by Gasteiger charge is 2.30. The molecule has 2 aliphatic rings. The first-order valence-corrected chi connectivity index (χ1v) is 10.4. The maximum Gasteiger partial charge on any atom is 0.317 e. The van der Waals surface area contributed by atoms with Crippen LogP contribution in [-0.2, 0) is 17.1 Å². The second kappa shape index (κ2) is 7.33. The molecule has 1 saturated heterocycles. The molecule has 0 aromatic carbocycles. The summed E-state index contributed by atoms with van der Waals surface area (Å²) in [6.45, 7) is 3.47. The molecule has 8 nitrogen and oxygen atoms in total. The van der Waals surface area contributed by atoms with E-state index in [1.54, 1.807) is 29.6 Å². The number of sulfonamides is 1. The summed E-state index contributed by atoms with van der Waals surface area (Å²) in [4.78, 5) is 18.3. The fourth-order valence-electron chi connectivity index (χ4n) is 3.46. The summed E-state index contributed by atoms with van der Waals surface area (Å²) in [5.41, 5.74) is 0. The zero-order valence-corrected chi connectivity index (χ0v) is 15.8. The van der Waals surface area contributed by atoms with Gasteiger partial charge < -0.3 is 14.8 Å². The highest BCUT2D eigenvalue weighted by molar-refractivity contribution is 7.89. The first kappa shape index (κ1) is 18.2. The molecule has 1 aliphatic carbocycles. The predicted molar refractivity (Wildman–Crippen MR) is 93.7 cm³/mol. The van der Waals surface area contributed by atoms with Crippen molar-refractivity contribution in [1.29, 1.82) is 0 Å². The molecule has 25 heavy (non-hydrogen) atoms. The van der Waals surface area contributed by atoms with E-state index in [-0.39, 0.29) is 17.1 Å². The van der Waals surface area contributed by atoms with E-state index in [1.165, 1.54) is 17.1 Å². The maximum atomic E-state index is 12.8. The highest BCUT2D eigenvalue weighted by Crippen LogP contribution is 2.19. The molecule has 0 unspecified atom stereocenters. The summed E-state index contributed by atoms with van der Waals surface area (Å²) in [6, 6.07) is 0.201. The summed E-state index contributed by atoms with van der Waals surface area (Å²) >= 11 is 0. The van der Waals surface area contributed by atoms with Gasteiger partial charge in [0, 0.05) is 45.5 Å². The van der Waals surface area contributed by atoms with Gasteiger partial charge in [-0.1, -0.05) is 12.8 Å². The number of hydrogen-bond donors (Lipinski definition) is 1. The van der Waals surface area contributed by atoms with Gasteiger partial charge in [0.1, 0.15) is 5.82 Å². The molecule has 0 atom stereocenters. The number of imidazole rings is 1. The summed E-state index contributed by atoms with van der Waals surface area (Å²) < 4.78 is 28.7. The lowest BCUT2D eigenvalue weighted by atomic mass is 10.2. The second-order valence-electron chi connectivity index (χ2n) is 6.91. The van der Waals surface area contributed by atoms with Crippen LogP contribution >= 0.6 is 0 Å². The predicted octanol–water partition coefficient (Wildman–Crippen LogP) is 1.08. The van der Waals surface area contributed by atoms with Gasteiger partial charge in [0.2, 0.25) is 0 Å². The molecule has 0 bridgehead atoms. The van der Waals surface area contributed by atoms with Gasteiger partial charge in [0.25, 0.3) is 10.0 Å². The highest BCUT2D eigenvalue weighted by atomic mass is 32.2. The van der Waals surface area contributed by atoms with E-state index in [0.717, 1.165) is 12.8 Å². The number of carbonyl (C=O) groups is 1. The van der Waals surface area contributed by atoms with Crippen LogP contribution in [0, 0.1) is 6.92 Å². The number of urea groups is 1. The Morgan fingerprint density at radius 3 is 2.52 bits per heavy atom. The zero-order chi connectivity index (χ0) is 18.0. The van der Waals surface area contributed by atoms with E-state index in [9.17, 15) is 13.2 Å². The Kier molecular flexibility index (Phi) is 5.33. The minimum absolute atomic E-state index is 0.0696. The maximum absolute atomic E-state index is 12.8. The van der Waals surface area contributed by atoms with E-state index in [1.807, 2.05) is 0 Å². The van der Waals surface area contributed by atoms with E-state index in [0.29, 0.717) is 38.4 Å². The summed E-state index contributed by atoms with van der Waals surface area (Å²) in [6.07, 6.45) is 6.59. The van der Waals surface area contributed by atoms with Crippen molar-refractivity contribution in [3.8, 4) is 0 Å². The Morgan fingerprint density at radius 1 is 1.16 bits per heavy atom. The van der Waals surface area contributed by atoms with Crippen LogP contribution in [0.1, 0.15) is 37.9 Å². The first-order chi connectivity index (χ1) is 11.9. The second-order valence-corrected chi connectivity index (χ2v) is 8.80. The van der Waals surface area contributed by atoms with Gasteiger partial charge in [0.15, 0.2) is 5.03 Å². The van der Waals surface area contributed by atoms with Crippen LogP contribution in [0.25, 0.3) is 0 Å². The van der Waals surface area contributed by atoms with Crippen LogP contribution in [0.3, 0.4) is 0 Å². The molecule has 3 rings (SSSR count). The normalized spacial score (nSPS) is 20.6. The molecule has 2 fully saturated rings. The van der Waals surface area contributed by atoms with E-state index in [2.05, 4.69) is 10.3 Å². The topological polar surface area (TPSA) is 87.5 Å². The minimum atomic E-state index is -3.62. The van der Waals surface area contributed by atoms with E-state index in [4.69, 9.17) is 0 Å². The average Bonchev–Trinajstić information content (AvgIpc) is 3.10. The monoisotopic (exact) mass is 369 g/mol. The number of hydrogen-bond acceptors (Lipinski definition) is 4. The molecular formula is C16H27N5O3S. The smallest absolute Gasteiger partial charge is 0.317 e. The Bertz CT molecular complexity index is 705. The molecular weight excluding hydrogens is 342 g/mol. The lowest BCUT2D eigenvalue weighted by Gasteiger charge is -2.23. The number of aryl methyl sites for hydroxylation is 2. The van der Waals surface area contributed by atoms with Crippen molar-refractivity contribution in [3.63, 3.8) is 0 Å². The van der Waals surface area contributed by atoms with Crippen molar-refractivity contribution in [2.75, 3.05) is 26.2 Å². The molecule has 0 spiro atoms. The molecule has 1 aromatic heterocycles. The Labute approximate surface area is 149 Å². The van der Waals surface area contributed by atoms with Gasteiger partial charge in [-0.25, -0.2) is 18.2 Å². The average molecular weight is 369 g/mol. The standard InChI is InChI=1S/C16H27N5O3S/c1-13-17-15(12-19(13)2)25(23,24)21-9-5-8-20(10-11-21)16(22)18-14-6-3-4-7-14/h12,14H,3-11H2,1-2H3,(H,18,22). The number of carbonyl (C=O) groups excluding carboxylic acids is 1. The molecule has 1 saturated carbocycles. The van der Waals surface area contributed by atoms with E-state index < -0.39 is 10.0 Å². The van der Waals surface area contributed by atoms with Crippen LogP contribution in [-0.4, -0.2) is 65.4 Å². The lowest BCUT2D eigenvalue weighted by Crippen LogP contribution is -2.45. The van der Waals surface area contributed by atoms with Gasteiger partial charge >= 0.3 is 6.03 Å². The third kappa shape index (κ3) is 3.98. The molecule has 140 valence electrons. The molecule has 1 aromatic rings. The number of nitrogens with zero attached hydrogens (tertiary/aromatic N) is 4. The van der Waals surface area contributed by atoms with Crippen molar-refractivity contribution in [1.82, 2.24) is 24.1 Å². The number of amides is 2. The molecule has 0 radical (unpaired) electrons. The molecule has 1 aliphatic heterocycles. The third-order valence-electron chi connectivity index (χ3n) is 5.12. The number of nitrogens with one attached hydrogen (secondary N) is 1. The molecule has 2 amide bonds. The zero-order valence-electron chi connectivity index (χ0n) is 14.9. The third-order valence-corrected chi connectivity index (χ3v) is 6.89. The van der Waals surface area contributed by atoms with Crippen molar-refractivity contribution >= 4 is 16.1 Å². The van der Waals surface area contributed by atoms with Crippen molar-refractivity contribution in [2.24, 2.45) is 7.05 Å². The van der Waals surface area contributed by atoms with E-state index >= 15 is 0 Å². The van der Waals surface area contributed by atoms with Gasteiger partial charge in [0.05, 0.1) is 0 Å². The van der Waals surface area contributed by atoms with Gasteiger partial charge in [-0.05, 0) is 26.2 Å².